The summed E-state index contributed by atoms with van der Waals surface area (Å²) in [5.74, 6) is -1.77. The van der Waals surface area contributed by atoms with E-state index < -0.39 is 29.9 Å². The van der Waals surface area contributed by atoms with Crippen LogP contribution in [0.1, 0.15) is 60.5 Å². The fraction of sp³-hybridized carbons (Fsp3) is 0.375. The maximum absolute atomic E-state index is 13.8. The predicted octanol–water partition coefficient (Wildman–Crippen LogP) is 5.50. The normalized spacial score (nSPS) is 20.3. The van der Waals surface area contributed by atoms with Gasteiger partial charge in [0.15, 0.2) is 0 Å². The highest BCUT2D eigenvalue weighted by Gasteiger charge is 2.43. The predicted molar refractivity (Wildman–Crippen MR) is 131 cm³/mol. The zero-order chi connectivity index (χ0) is 22.8. The Morgan fingerprint density at radius 2 is 1.81 bits per heavy atom. The van der Waals surface area contributed by atoms with E-state index in [-0.39, 0.29) is 5.92 Å². The van der Waals surface area contributed by atoms with Crippen molar-refractivity contribution < 1.29 is 19.5 Å². The van der Waals surface area contributed by atoms with Crippen molar-refractivity contribution in [3.05, 3.63) is 62.2 Å². The second-order valence-electron chi connectivity index (χ2n) is 8.44. The smallest absolute Gasteiger partial charge is 0.326 e. The van der Waals surface area contributed by atoms with Crippen molar-refractivity contribution in [3.63, 3.8) is 0 Å². The minimum atomic E-state index is -1.11. The van der Waals surface area contributed by atoms with Crippen LogP contribution in [0.2, 0.25) is 5.02 Å². The Balaban J connectivity index is 1.82. The van der Waals surface area contributed by atoms with Gasteiger partial charge in [0.2, 0.25) is 0 Å². The van der Waals surface area contributed by atoms with Crippen molar-refractivity contribution in [2.45, 2.75) is 50.6 Å². The van der Waals surface area contributed by atoms with Crippen LogP contribution in [0.5, 0.6) is 0 Å². The average molecular weight is 567 g/mol. The van der Waals surface area contributed by atoms with E-state index in [1.807, 2.05) is 0 Å². The molecule has 32 heavy (non-hydrogen) atoms. The first-order valence-corrected chi connectivity index (χ1v) is 12.2. The largest absolute Gasteiger partial charge is 0.480 e. The number of carbonyl (C=O) groups excluding carboxylic acids is 2. The number of anilines is 1. The van der Waals surface area contributed by atoms with Gasteiger partial charge in [0.05, 0.1) is 11.3 Å². The minimum Gasteiger partial charge on any atom is -0.480 e. The van der Waals surface area contributed by atoms with Gasteiger partial charge in [0.25, 0.3) is 11.8 Å². The Labute approximate surface area is 205 Å². The maximum Gasteiger partial charge on any atom is 0.326 e. The van der Waals surface area contributed by atoms with E-state index in [0.717, 1.165) is 35.7 Å². The van der Waals surface area contributed by atoms with Crippen LogP contribution in [-0.4, -0.2) is 33.8 Å². The average Bonchev–Trinajstić information content (AvgIpc) is 2.88. The summed E-state index contributed by atoms with van der Waals surface area (Å²) in [6.07, 6.45) is 5.49. The van der Waals surface area contributed by atoms with Crippen molar-refractivity contribution in [1.29, 1.82) is 0 Å². The van der Waals surface area contributed by atoms with Crippen LogP contribution in [0.25, 0.3) is 0 Å². The molecule has 2 unspecified atom stereocenters. The maximum atomic E-state index is 13.8. The van der Waals surface area contributed by atoms with E-state index in [1.54, 1.807) is 42.5 Å². The number of halogens is 2. The third kappa shape index (κ3) is 4.78. The molecule has 2 N–H and O–H groups in total. The van der Waals surface area contributed by atoms with Gasteiger partial charge in [0, 0.05) is 8.59 Å². The second kappa shape index (κ2) is 9.79. The van der Waals surface area contributed by atoms with Crippen LogP contribution < -0.4 is 5.32 Å². The van der Waals surface area contributed by atoms with Crippen molar-refractivity contribution in [1.82, 2.24) is 4.90 Å². The highest BCUT2D eigenvalue weighted by molar-refractivity contribution is 14.1. The number of carboxylic acid groups (broad SMARTS) is 1. The van der Waals surface area contributed by atoms with Crippen LogP contribution in [0.4, 0.5) is 5.69 Å². The standard InChI is InChI=1S/C24H24ClIN2O4/c25-16-8-6-15(7-9-16)21-22(29)27-19-11-10-17(26)13-18(19)23(30)28(21)20(24(31)32)12-14-4-2-1-3-5-14/h6-11,13-14,20-21H,1-5,12H2,(H,27,29)(H,31,32). The van der Waals surface area contributed by atoms with Gasteiger partial charge >= 0.3 is 5.97 Å². The van der Waals surface area contributed by atoms with Gasteiger partial charge in [-0.15, -0.1) is 0 Å². The molecule has 168 valence electrons. The first kappa shape index (κ1) is 23.0. The molecule has 2 atom stereocenters. The molecule has 1 heterocycles. The first-order chi connectivity index (χ1) is 15.3. The SMILES string of the molecule is O=C(O)C(CC1CCCCC1)N1C(=O)c2cc(I)ccc2NC(=O)C1c1ccc(Cl)cc1. The molecule has 1 aliphatic heterocycles. The molecule has 0 bridgehead atoms. The number of amides is 2. The van der Waals surface area contributed by atoms with Gasteiger partial charge in [-0.3, -0.25) is 9.59 Å². The van der Waals surface area contributed by atoms with Gasteiger partial charge in [-0.25, -0.2) is 4.79 Å². The Morgan fingerprint density at radius 3 is 2.47 bits per heavy atom. The van der Waals surface area contributed by atoms with Gasteiger partial charge < -0.3 is 15.3 Å². The van der Waals surface area contributed by atoms with E-state index in [4.69, 9.17) is 11.6 Å². The molecule has 2 aromatic rings. The summed E-state index contributed by atoms with van der Waals surface area (Å²) in [4.78, 5) is 41.0. The lowest BCUT2D eigenvalue weighted by Crippen LogP contribution is -2.50. The molecule has 0 radical (unpaired) electrons. The highest BCUT2D eigenvalue weighted by atomic mass is 127. The number of fused-ring (bicyclic) bond motifs is 1. The summed E-state index contributed by atoms with van der Waals surface area (Å²) >= 11 is 8.14. The molecule has 2 aromatic carbocycles. The number of hydrogen-bond acceptors (Lipinski definition) is 3. The lowest BCUT2D eigenvalue weighted by molar-refractivity contribution is -0.144. The monoisotopic (exact) mass is 566 g/mol. The zero-order valence-corrected chi connectivity index (χ0v) is 20.3. The number of nitrogens with zero attached hydrogens (tertiary/aromatic N) is 1. The van der Waals surface area contributed by atoms with Crippen LogP contribution in [0.3, 0.4) is 0 Å². The summed E-state index contributed by atoms with van der Waals surface area (Å²) in [7, 11) is 0. The summed E-state index contributed by atoms with van der Waals surface area (Å²) in [5.41, 5.74) is 1.22. The fourth-order valence-corrected chi connectivity index (χ4v) is 5.35. The van der Waals surface area contributed by atoms with E-state index in [1.165, 1.54) is 4.90 Å². The third-order valence-electron chi connectivity index (χ3n) is 6.32. The van der Waals surface area contributed by atoms with Crippen LogP contribution in [0.15, 0.2) is 42.5 Å². The van der Waals surface area contributed by atoms with Crippen LogP contribution >= 0.6 is 34.2 Å². The van der Waals surface area contributed by atoms with Crippen LogP contribution in [-0.2, 0) is 9.59 Å². The van der Waals surface area contributed by atoms with Gasteiger partial charge in [-0.05, 0) is 70.8 Å². The number of nitrogens with one attached hydrogen (secondary N) is 1. The number of carboxylic acids is 1. The number of benzene rings is 2. The van der Waals surface area contributed by atoms with E-state index in [0.29, 0.717) is 28.3 Å². The molecule has 2 amide bonds. The lowest BCUT2D eigenvalue weighted by Gasteiger charge is -2.36. The quantitative estimate of drug-likeness (QED) is 0.468. The first-order valence-electron chi connectivity index (χ1n) is 10.8. The fourth-order valence-electron chi connectivity index (χ4n) is 4.74. The lowest BCUT2D eigenvalue weighted by atomic mass is 9.84. The van der Waals surface area contributed by atoms with Crippen molar-refractivity contribution in [2.24, 2.45) is 5.92 Å². The Hall–Kier alpha value is -2.13. The van der Waals surface area contributed by atoms with E-state index in [9.17, 15) is 19.5 Å². The van der Waals surface area contributed by atoms with E-state index >= 15 is 0 Å². The Kier molecular flexibility index (Phi) is 7.05. The molecule has 6 nitrogen and oxygen atoms in total. The summed E-state index contributed by atoms with van der Waals surface area (Å²) in [5, 5.41) is 13.6. The third-order valence-corrected chi connectivity index (χ3v) is 7.24. The second-order valence-corrected chi connectivity index (χ2v) is 10.1. The number of hydrogen-bond donors (Lipinski definition) is 2. The zero-order valence-electron chi connectivity index (χ0n) is 17.4. The molecule has 2 aliphatic rings. The molecule has 1 fully saturated rings. The van der Waals surface area contributed by atoms with Crippen LogP contribution in [0, 0.1) is 9.49 Å². The number of aliphatic carboxylic acids is 1. The van der Waals surface area contributed by atoms with Crippen molar-refractivity contribution in [2.75, 3.05) is 5.32 Å². The molecule has 1 aliphatic carbocycles. The molecular weight excluding hydrogens is 543 g/mol. The van der Waals surface area contributed by atoms with E-state index in [2.05, 4.69) is 27.9 Å². The molecule has 1 saturated carbocycles. The highest BCUT2D eigenvalue weighted by Crippen LogP contribution is 2.37. The molecule has 0 saturated heterocycles. The Bertz CT molecular complexity index is 1040. The Morgan fingerprint density at radius 1 is 1.12 bits per heavy atom. The van der Waals surface area contributed by atoms with Crippen molar-refractivity contribution >= 4 is 57.7 Å². The van der Waals surface area contributed by atoms with Gasteiger partial charge in [-0.2, -0.15) is 0 Å². The summed E-state index contributed by atoms with van der Waals surface area (Å²) < 4.78 is 0.827. The number of rotatable bonds is 5. The molecule has 0 aromatic heterocycles. The molecule has 8 heteroatoms. The molecule has 4 rings (SSSR count). The number of carbonyl (C=O) groups is 3. The van der Waals surface area contributed by atoms with Crippen molar-refractivity contribution in [3.8, 4) is 0 Å². The summed E-state index contributed by atoms with van der Waals surface area (Å²) in [6.45, 7) is 0. The minimum absolute atomic E-state index is 0.213. The molecular formula is C24H24ClIN2O4. The molecule has 0 spiro atoms. The van der Waals surface area contributed by atoms with Gasteiger partial charge in [-0.1, -0.05) is 55.8 Å². The summed E-state index contributed by atoms with van der Waals surface area (Å²) in [6, 6.07) is 9.63. The van der Waals surface area contributed by atoms with Gasteiger partial charge in [0.1, 0.15) is 12.1 Å². The topological polar surface area (TPSA) is 86.7 Å².